The lowest BCUT2D eigenvalue weighted by atomic mass is 10.1. The number of nitrogens with two attached hydrogens (primary N) is 1. The molecule has 2 unspecified atom stereocenters. The molecule has 2 atom stereocenters. The molecule has 3 nitrogen and oxygen atoms in total. The predicted octanol–water partition coefficient (Wildman–Crippen LogP) is 1.90. The van der Waals surface area contributed by atoms with E-state index < -0.39 is 9.84 Å². The van der Waals surface area contributed by atoms with Crippen LogP contribution in [-0.4, -0.2) is 20.2 Å². The average molecular weight is 253 g/mol. The molecule has 0 amide bonds. The van der Waals surface area contributed by atoms with Crippen LogP contribution in [0.4, 0.5) is 0 Å². The fraction of sp³-hybridized carbons (Fsp3) is 0.538. The molecule has 1 aliphatic rings. The highest BCUT2D eigenvalue weighted by molar-refractivity contribution is 7.92. The minimum Gasteiger partial charge on any atom is -0.330 e. The Hall–Kier alpha value is -0.870. The summed E-state index contributed by atoms with van der Waals surface area (Å²) in [6, 6.07) is 7.15. The van der Waals surface area contributed by atoms with Crippen LogP contribution in [0.25, 0.3) is 0 Å². The molecule has 94 valence electrons. The predicted molar refractivity (Wildman–Crippen MR) is 68.5 cm³/mol. The normalized spacial score (nSPS) is 25.1. The quantitative estimate of drug-likeness (QED) is 0.895. The number of hydrogen-bond acceptors (Lipinski definition) is 3. The van der Waals surface area contributed by atoms with Crippen molar-refractivity contribution >= 4 is 9.84 Å². The van der Waals surface area contributed by atoms with Gasteiger partial charge < -0.3 is 5.73 Å². The van der Waals surface area contributed by atoms with Gasteiger partial charge in [-0.05, 0) is 49.9 Å². The van der Waals surface area contributed by atoms with Crippen molar-refractivity contribution in [2.45, 2.75) is 36.3 Å². The van der Waals surface area contributed by atoms with Gasteiger partial charge in [-0.3, -0.25) is 0 Å². The number of hydrogen-bond donors (Lipinski definition) is 1. The van der Waals surface area contributed by atoms with E-state index in [0.29, 0.717) is 11.4 Å². The Labute approximate surface area is 103 Å². The molecule has 0 bridgehead atoms. The topological polar surface area (TPSA) is 60.2 Å². The molecule has 0 spiro atoms. The summed E-state index contributed by atoms with van der Waals surface area (Å²) in [4.78, 5) is 0.447. The first-order valence-electron chi connectivity index (χ1n) is 6.06. The summed E-state index contributed by atoms with van der Waals surface area (Å²) in [6.45, 7) is 2.38. The summed E-state index contributed by atoms with van der Waals surface area (Å²) in [5.74, 6) is 0.125. The van der Waals surface area contributed by atoms with Crippen LogP contribution in [0.1, 0.15) is 24.8 Å². The highest BCUT2D eigenvalue weighted by Crippen LogP contribution is 2.34. The molecule has 1 aromatic carbocycles. The Morgan fingerprint density at radius 3 is 2.76 bits per heavy atom. The third-order valence-corrected chi connectivity index (χ3v) is 5.94. The molecule has 17 heavy (non-hydrogen) atoms. The first-order valence-corrected chi connectivity index (χ1v) is 7.61. The van der Waals surface area contributed by atoms with Crippen molar-refractivity contribution in [3.63, 3.8) is 0 Å². The maximum Gasteiger partial charge on any atom is 0.181 e. The Kier molecular flexibility index (Phi) is 3.54. The van der Waals surface area contributed by atoms with Gasteiger partial charge in [0, 0.05) is 0 Å². The fourth-order valence-corrected chi connectivity index (χ4v) is 4.85. The summed E-state index contributed by atoms with van der Waals surface area (Å²) >= 11 is 0. The van der Waals surface area contributed by atoms with Crippen LogP contribution < -0.4 is 5.73 Å². The van der Waals surface area contributed by atoms with E-state index in [2.05, 4.69) is 0 Å². The van der Waals surface area contributed by atoms with Crippen LogP contribution in [0.15, 0.2) is 29.2 Å². The second-order valence-corrected chi connectivity index (χ2v) is 6.99. The number of benzene rings is 1. The number of rotatable bonds is 3. The van der Waals surface area contributed by atoms with Crippen molar-refractivity contribution in [1.82, 2.24) is 0 Å². The largest absolute Gasteiger partial charge is 0.330 e. The third-order valence-electron chi connectivity index (χ3n) is 3.61. The van der Waals surface area contributed by atoms with Gasteiger partial charge in [0.25, 0.3) is 0 Å². The molecular weight excluding hydrogens is 234 g/mol. The molecule has 0 heterocycles. The van der Waals surface area contributed by atoms with E-state index in [1.165, 1.54) is 0 Å². The van der Waals surface area contributed by atoms with E-state index in [1.807, 2.05) is 13.0 Å². The molecule has 1 fully saturated rings. The van der Waals surface area contributed by atoms with Crippen LogP contribution in [-0.2, 0) is 9.84 Å². The highest BCUT2D eigenvalue weighted by Gasteiger charge is 2.37. The van der Waals surface area contributed by atoms with Crippen LogP contribution in [0.3, 0.4) is 0 Å². The van der Waals surface area contributed by atoms with Gasteiger partial charge in [-0.2, -0.15) is 0 Å². The zero-order valence-corrected chi connectivity index (χ0v) is 10.9. The van der Waals surface area contributed by atoms with E-state index in [0.717, 1.165) is 24.8 Å². The summed E-state index contributed by atoms with van der Waals surface area (Å²) in [6.07, 6.45) is 2.65. The zero-order chi connectivity index (χ0) is 12.5. The average Bonchev–Trinajstić information content (AvgIpc) is 2.77. The molecule has 0 aliphatic heterocycles. The Morgan fingerprint density at radius 2 is 2.12 bits per heavy atom. The lowest BCUT2D eigenvalue weighted by Crippen LogP contribution is -2.30. The van der Waals surface area contributed by atoms with E-state index in [1.54, 1.807) is 18.2 Å². The van der Waals surface area contributed by atoms with Gasteiger partial charge >= 0.3 is 0 Å². The third kappa shape index (κ3) is 2.38. The van der Waals surface area contributed by atoms with Crippen molar-refractivity contribution in [2.75, 3.05) is 6.54 Å². The van der Waals surface area contributed by atoms with Gasteiger partial charge in [0.1, 0.15) is 0 Å². The molecule has 0 saturated heterocycles. The highest BCUT2D eigenvalue weighted by atomic mass is 32.2. The first-order chi connectivity index (χ1) is 8.05. The lowest BCUT2D eigenvalue weighted by Gasteiger charge is -2.18. The molecule has 0 aromatic heterocycles. The maximum atomic E-state index is 12.5. The van der Waals surface area contributed by atoms with Crippen LogP contribution >= 0.6 is 0 Å². The Morgan fingerprint density at radius 1 is 1.35 bits per heavy atom. The van der Waals surface area contributed by atoms with E-state index in [9.17, 15) is 8.42 Å². The summed E-state index contributed by atoms with van der Waals surface area (Å²) in [5.41, 5.74) is 6.64. The van der Waals surface area contributed by atoms with E-state index >= 15 is 0 Å². The van der Waals surface area contributed by atoms with Crippen LogP contribution in [0, 0.1) is 12.8 Å². The second-order valence-electron chi connectivity index (χ2n) is 4.83. The SMILES string of the molecule is Cc1cccc(S(=O)(=O)C2CCCC2CN)c1. The van der Waals surface area contributed by atoms with Crippen molar-refractivity contribution in [3.05, 3.63) is 29.8 Å². The molecule has 1 saturated carbocycles. The van der Waals surface area contributed by atoms with Crippen molar-refractivity contribution in [2.24, 2.45) is 11.7 Å². The first kappa shape index (κ1) is 12.6. The van der Waals surface area contributed by atoms with Gasteiger partial charge in [0.2, 0.25) is 0 Å². The summed E-state index contributed by atoms with van der Waals surface area (Å²) in [7, 11) is -3.20. The molecule has 4 heteroatoms. The smallest absolute Gasteiger partial charge is 0.181 e. The van der Waals surface area contributed by atoms with Gasteiger partial charge in [-0.1, -0.05) is 18.6 Å². The second kappa shape index (κ2) is 4.78. The maximum absolute atomic E-state index is 12.5. The van der Waals surface area contributed by atoms with Crippen molar-refractivity contribution in [3.8, 4) is 0 Å². The van der Waals surface area contributed by atoms with Gasteiger partial charge in [-0.15, -0.1) is 0 Å². The standard InChI is InChI=1S/C13H19NO2S/c1-10-4-2-6-12(8-10)17(15,16)13-7-3-5-11(13)9-14/h2,4,6,8,11,13H,3,5,7,9,14H2,1H3. The van der Waals surface area contributed by atoms with Crippen molar-refractivity contribution in [1.29, 1.82) is 0 Å². The summed E-state index contributed by atoms with van der Waals surface area (Å²) in [5, 5.41) is -0.283. The molecule has 2 rings (SSSR count). The molecule has 2 N–H and O–H groups in total. The van der Waals surface area contributed by atoms with Gasteiger partial charge in [-0.25, -0.2) is 8.42 Å². The minimum atomic E-state index is -3.20. The molecule has 1 aliphatic carbocycles. The van der Waals surface area contributed by atoms with Gasteiger partial charge in [0.05, 0.1) is 10.1 Å². The van der Waals surface area contributed by atoms with E-state index in [4.69, 9.17) is 5.73 Å². The Bertz CT molecular complexity index is 496. The Balaban J connectivity index is 2.36. The zero-order valence-electron chi connectivity index (χ0n) is 10.1. The van der Waals surface area contributed by atoms with Crippen molar-refractivity contribution < 1.29 is 8.42 Å². The number of sulfone groups is 1. The summed E-state index contributed by atoms with van der Waals surface area (Å²) < 4.78 is 25.0. The fourth-order valence-electron chi connectivity index (χ4n) is 2.65. The van der Waals surface area contributed by atoms with E-state index in [-0.39, 0.29) is 11.2 Å². The molecule has 1 aromatic rings. The lowest BCUT2D eigenvalue weighted by molar-refractivity contribution is 0.523. The number of aryl methyl sites for hydroxylation is 1. The van der Waals surface area contributed by atoms with Crippen LogP contribution in [0.5, 0.6) is 0 Å². The minimum absolute atomic E-state index is 0.125. The van der Waals surface area contributed by atoms with Gasteiger partial charge in [0.15, 0.2) is 9.84 Å². The molecule has 0 radical (unpaired) electrons. The molecular formula is C13H19NO2S. The van der Waals surface area contributed by atoms with Crippen LogP contribution in [0.2, 0.25) is 0 Å². The monoisotopic (exact) mass is 253 g/mol.